The van der Waals surface area contributed by atoms with Crippen LogP contribution in [0.15, 0.2) is 42.7 Å². The monoisotopic (exact) mass is 325 g/mol. The number of hydrogen-bond donors (Lipinski definition) is 2. The van der Waals surface area contributed by atoms with Gasteiger partial charge in [-0.2, -0.15) is 5.10 Å². The lowest BCUT2D eigenvalue weighted by Gasteiger charge is -2.08. The molecule has 8 heteroatoms. The minimum atomic E-state index is -0.582. The average molecular weight is 325 g/mol. The van der Waals surface area contributed by atoms with E-state index in [9.17, 15) is 9.59 Å². The number of aryl methyl sites for hydroxylation is 1. The van der Waals surface area contributed by atoms with Crippen LogP contribution in [-0.2, 0) is 4.74 Å². The lowest BCUT2D eigenvalue weighted by Crippen LogP contribution is -2.14. The first kappa shape index (κ1) is 15.5. The summed E-state index contributed by atoms with van der Waals surface area (Å²) >= 11 is 0. The molecule has 0 radical (unpaired) electrons. The molecule has 3 rings (SSSR count). The van der Waals surface area contributed by atoms with E-state index in [1.165, 1.54) is 7.11 Å². The zero-order valence-electron chi connectivity index (χ0n) is 13.1. The zero-order chi connectivity index (χ0) is 17.1. The quantitative estimate of drug-likeness (QED) is 0.771. The third-order valence-corrected chi connectivity index (χ3v) is 3.35. The van der Waals surface area contributed by atoms with Crippen LogP contribution in [0.4, 0.5) is 16.2 Å². The van der Waals surface area contributed by atoms with Crippen molar-refractivity contribution in [2.45, 2.75) is 6.92 Å². The average Bonchev–Trinajstić information content (AvgIpc) is 2.90. The van der Waals surface area contributed by atoms with E-state index in [0.717, 1.165) is 0 Å². The minimum Gasteiger partial charge on any atom is -0.453 e. The Morgan fingerprint density at radius 3 is 2.67 bits per heavy atom. The highest BCUT2D eigenvalue weighted by atomic mass is 16.5. The van der Waals surface area contributed by atoms with Gasteiger partial charge in [0.1, 0.15) is 5.56 Å². The van der Waals surface area contributed by atoms with Gasteiger partial charge in [0.2, 0.25) is 0 Å². The minimum absolute atomic E-state index is 0.323. The third-order valence-electron chi connectivity index (χ3n) is 3.35. The summed E-state index contributed by atoms with van der Waals surface area (Å²) in [5, 5.41) is 9.59. The molecule has 0 atom stereocenters. The summed E-state index contributed by atoms with van der Waals surface area (Å²) in [6, 6.07) is 8.48. The molecule has 2 aromatic heterocycles. The number of carbonyl (C=O) groups is 2. The fourth-order valence-corrected chi connectivity index (χ4v) is 2.30. The van der Waals surface area contributed by atoms with Crippen LogP contribution >= 0.6 is 0 Å². The van der Waals surface area contributed by atoms with Gasteiger partial charge < -0.3 is 10.1 Å². The van der Waals surface area contributed by atoms with Gasteiger partial charge in [0, 0.05) is 23.8 Å². The number of rotatable bonds is 3. The highest BCUT2D eigenvalue weighted by Crippen LogP contribution is 2.19. The van der Waals surface area contributed by atoms with Crippen molar-refractivity contribution in [3.63, 3.8) is 0 Å². The molecule has 0 fully saturated rings. The lowest BCUT2D eigenvalue weighted by atomic mass is 10.2. The van der Waals surface area contributed by atoms with Gasteiger partial charge in [0.25, 0.3) is 5.91 Å². The standard InChI is InChI=1S/C16H15N5O3/c1-10-13(14-17-7-4-8-21(14)20-10)15(22)18-11-5-3-6-12(9-11)19-16(23)24-2/h3-9H,1-2H3,(H,18,22)(H,19,23). The van der Waals surface area contributed by atoms with Crippen molar-refractivity contribution in [3.8, 4) is 0 Å². The fraction of sp³-hybridized carbons (Fsp3) is 0.125. The summed E-state index contributed by atoms with van der Waals surface area (Å²) < 4.78 is 6.10. The van der Waals surface area contributed by atoms with Crippen LogP contribution in [0.1, 0.15) is 16.1 Å². The van der Waals surface area contributed by atoms with Crippen molar-refractivity contribution in [2.24, 2.45) is 0 Å². The smallest absolute Gasteiger partial charge is 0.411 e. The largest absolute Gasteiger partial charge is 0.453 e. The summed E-state index contributed by atoms with van der Waals surface area (Å²) in [5.74, 6) is -0.323. The molecule has 0 bridgehead atoms. The highest BCUT2D eigenvalue weighted by molar-refractivity contribution is 6.09. The molecule has 0 unspecified atom stereocenters. The lowest BCUT2D eigenvalue weighted by molar-refractivity contribution is 0.102. The molecule has 2 N–H and O–H groups in total. The topological polar surface area (TPSA) is 97.6 Å². The Labute approximate surface area is 137 Å². The molecule has 0 saturated carbocycles. The van der Waals surface area contributed by atoms with Crippen LogP contribution in [0.3, 0.4) is 0 Å². The van der Waals surface area contributed by atoms with Gasteiger partial charge in [-0.3, -0.25) is 10.1 Å². The van der Waals surface area contributed by atoms with Crippen molar-refractivity contribution < 1.29 is 14.3 Å². The van der Waals surface area contributed by atoms with Crippen molar-refractivity contribution >= 4 is 29.0 Å². The van der Waals surface area contributed by atoms with Crippen LogP contribution in [0.25, 0.3) is 5.65 Å². The van der Waals surface area contributed by atoms with Crippen molar-refractivity contribution in [3.05, 3.63) is 54.0 Å². The maximum Gasteiger partial charge on any atom is 0.411 e. The SMILES string of the molecule is COC(=O)Nc1cccc(NC(=O)c2c(C)nn3cccnc23)c1. The number of amides is 2. The molecule has 2 amide bonds. The maximum absolute atomic E-state index is 12.6. The van der Waals surface area contributed by atoms with Gasteiger partial charge in [-0.25, -0.2) is 14.3 Å². The molecule has 24 heavy (non-hydrogen) atoms. The molecule has 8 nitrogen and oxygen atoms in total. The van der Waals surface area contributed by atoms with E-state index in [-0.39, 0.29) is 5.91 Å². The molecule has 0 aliphatic heterocycles. The van der Waals surface area contributed by atoms with Crippen LogP contribution in [0, 0.1) is 6.92 Å². The van der Waals surface area contributed by atoms with Gasteiger partial charge in [-0.05, 0) is 31.2 Å². The number of methoxy groups -OCH3 is 1. The Hall–Kier alpha value is -3.42. The fourth-order valence-electron chi connectivity index (χ4n) is 2.30. The number of nitrogens with zero attached hydrogens (tertiary/aromatic N) is 3. The Bertz CT molecular complexity index is 919. The molecular formula is C16H15N5O3. The Kier molecular flexibility index (Phi) is 4.11. The molecule has 0 saturated heterocycles. The van der Waals surface area contributed by atoms with Crippen LogP contribution in [-0.4, -0.2) is 33.7 Å². The second kappa shape index (κ2) is 6.37. The summed E-state index contributed by atoms with van der Waals surface area (Å²) in [5.41, 5.74) is 2.51. The van der Waals surface area contributed by atoms with Crippen molar-refractivity contribution in [1.82, 2.24) is 14.6 Å². The number of benzene rings is 1. The third kappa shape index (κ3) is 3.02. The first-order valence-electron chi connectivity index (χ1n) is 7.15. The van der Waals surface area contributed by atoms with Gasteiger partial charge in [0.15, 0.2) is 5.65 Å². The van der Waals surface area contributed by atoms with Gasteiger partial charge in [-0.15, -0.1) is 0 Å². The van der Waals surface area contributed by atoms with E-state index in [1.54, 1.807) is 54.2 Å². The van der Waals surface area contributed by atoms with E-state index in [4.69, 9.17) is 0 Å². The molecule has 1 aromatic carbocycles. The van der Waals surface area contributed by atoms with E-state index in [1.807, 2.05) is 0 Å². The predicted molar refractivity (Wildman–Crippen MR) is 88.1 cm³/mol. The van der Waals surface area contributed by atoms with Gasteiger partial charge >= 0.3 is 6.09 Å². The number of hydrogen-bond acceptors (Lipinski definition) is 5. The normalized spacial score (nSPS) is 10.4. The number of anilines is 2. The first-order valence-corrected chi connectivity index (χ1v) is 7.15. The van der Waals surface area contributed by atoms with Crippen LogP contribution in [0.2, 0.25) is 0 Å². The van der Waals surface area contributed by atoms with Gasteiger partial charge in [-0.1, -0.05) is 6.07 Å². The molecule has 0 aliphatic carbocycles. The number of ether oxygens (including phenoxy) is 1. The summed E-state index contributed by atoms with van der Waals surface area (Å²) in [7, 11) is 1.28. The summed E-state index contributed by atoms with van der Waals surface area (Å²) in [6.45, 7) is 1.75. The van der Waals surface area contributed by atoms with Crippen molar-refractivity contribution in [1.29, 1.82) is 0 Å². The number of aromatic nitrogens is 3. The van der Waals surface area contributed by atoms with E-state index in [2.05, 4.69) is 25.5 Å². The van der Waals surface area contributed by atoms with Crippen LogP contribution in [0.5, 0.6) is 0 Å². The van der Waals surface area contributed by atoms with E-state index in [0.29, 0.717) is 28.3 Å². The zero-order valence-corrected chi connectivity index (χ0v) is 13.1. The maximum atomic E-state index is 12.6. The molecule has 122 valence electrons. The molecule has 3 aromatic rings. The molecule has 0 aliphatic rings. The van der Waals surface area contributed by atoms with Crippen LogP contribution < -0.4 is 10.6 Å². The summed E-state index contributed by atoms with van der Waals surface area (Å²) in [4.78, 5) is 28.0. The Morgan fingerprint density at radius 1 is 1.17 bits per heavy atom. The molecular weight excluding hydrogens is 310 g/mol. The second-order valence-corrected chi connectivity index (χ2v) is 5.00. The molecule has 0 spiro atoms. The van der Waals surface area contributed by atoms with E-state index < -0.39 is 6.09 Å². The number of carbonyl (C=O) groups excluding carboxylic acids is 2. The number of fused-ring (bicyclic) bond motifs is 1. The van der Waals surface area contributed by atoms with E-state index >= 15 is 0 Å². The van der Waals surface area contributed by atoms with Gasteiger partial charge in [0.05, 0.1) is 12.8 Å². The Morgan fingerprint density at radius 2 is 1.92 bits per heavy atom. The van der Waals surface area contributed by atoms with Crippen molar-refractivity contribution in [2.75, 3.05) is 17.7 Å². The predicted octanol–water partition coefficient (Wildman–Crippen LogP) is 2.47. The first-order chi connectivity index (χ1) is 11.6. The second-order valence-electron chi connectivity index (χ2n) is 5.00. The molecule has 2 heterocycles. The Balaban J connectivity index is 1.85. The number of nitrogens with one attached hydrogen (secondary N) is 2. The summed E-state index contributed by atoms with van der Waals surface area (Å²) in [6.07, 6.45) is 2.75. The highest BCUT2D eigenvalue weighted by Gasteiger charge is 2.18.